The highest BCUT2D eigenvalue weighted by molar-refractivity contribution is 6.05. The third-order valence-electron chi connectivity index (χ3n) is 3.26. The molecule has 0 saturated heterocycles. The number of para-hydroxylation sites is 1. The minimum atomic E-state index is -0.0951. The fraction of sp³-hybridized carbons (Fsp3) is 0.235. The molecule has 2 N–H and O–H groups in total. The van der Waals surface area contributed by atoms with Gasteiger partial charge in [0, 0.05) is 37.6 Å². The van der Waals surface area contributed by atoms with Crippen LogP contribution >= 0.6 is 0 Å². The molecule has 0 radical (unpaired) electrons. The molecule has 0 aliphatic rings. The summed E-state index contributed by atoms with van der Waals surface area (Å²) < 4.78 is 0. The van der Waals surface area contributed by atoms with Gasteiger partial charge in [-0.15, -0.1) is 0 Å². The molecular formula is C17H21N3O. The minimum absolute atomic E-state index is 0.0951. The van der Waals surface area contributed by atoms with E-state index in [0.29, 0.717) is 12.1 Å². The summed E-state index contributed by atoms with van der Waals surface area (Å²) in [5.41, 5.74) is 3.57. The van der Waals surface area contributed by atoms with E-state index in [1.807, 2.05) is 74.6 Å². The second-order valence-corrected chi connectivity index (χ2v) is 5.09. The van der Waals surface area contributed by atoms with Crippen LogP contribution in [-0.2, 0) is 6.54 Å². The van der Waals surface area contributed by atoms with Gasteiger partial charge in [-0.1, -0.05) is 24.3 Å². The molecule has 1 amide bonds. The topological polar surface area (TPSA) is 44.4 Å². The summed E-state index contributed by atoms with van der Waals surface area (Å²) in [6.07, 6.45) is 0. The van der Waals surface area contributed by atoms with E-state index < -0.39 is 0 Å². The highest BCUT2D eigenvalue weighted by atomic mass is 16.1. The summed E-state index contributed by atoms with van der Waals surface area (Å²) in [5.74, 6) is -0.0951. The van der Waals surface area contributed by atoms with Gasteiger partial charge in [0.05, 0.1) is 0 Å². The minimum Gasteiger partial charge on any atom is -0.378 e. The summed E-state index contributed by atoms with van der Waals surface area (Å²) in [7, 11) is 5.80. The van der Waals surface area contributed by atoms with Crippen LogP contribution in [0.1, 0.15) is 15.9 Å². The van der Waals surface area contributed by atoms with Gasteiger partial charge < -0.3 is 15.5 Å². The summed E-state index contributed by atoms with van der Waals surface area (Å²) >= 11 is 0. The standard InChI is InChI=1S/C17H21N3O/c1-18-12-14-7-4-5-10-16(14)19-17(21)13-8-6-9-15(11-13)20(2)3/h4-11,18H,12H2,1-3H3,(H,19,21). The maximum Gasteiger partial charge on any atom is 0.255 e. The van der Waals surface area contributed by atoms with Gasteiger partial charge in [0.25, 0.3) is 5.91 Å². The molecule has 2 aromatic rings. The van der Waals surface area contributed by atoms with Crippen molar-refractivity contribution < 1.29 is 4.79 Å². The Morgan fingerprint density at radius 1 is 1.10 bits per heavy atom. The number of nitrogens with zero attached hydrogens (tertiary/aromatic N) is 1. The number of benzene rings is 2. The SMILES string of the molecule is CNCc1ccccc1NC(=O)c1cccc(N(C)C)c1. The average molecular weight is 283 g/mol. The Morgan fingerprint density at radius 3 is 2.57 bits per heavy atom. The van der Waals surface area contributed by atoms with Crippen molar-refractivity contribution >= 4 is 17.3 Å². The number of anilines is 2. The highest BCUT2D eigenvalue weighted by Gasteiger charge is 2.09. The number of hydrogen-bond donors (Lipinski definition) is 2. The molecule has 4 nitrogen and oxygen atoms in total. The van der Waals surface area contributed by atoms with Gasteiger partial charge in [-0.05, 0) is 36.9 Å². The van der Waals surface area contributed by atoms with Crippen LogP contribution in [0.25, 0.3) is 0 Å². The first-order valence-electron chi connectivity index (χ1n) is 6.93. The lowest BCUT2D eigenvalue weighted by molar-refractivity contribution is 0.102. The maximum absolute atomic E-state index is 12.4. The molecule has 0 bridgehead atoms. The molecule has 0 aliphatic heterocycles. The average Bonchev–Trinajstić information content (AvgIpc) is 2.49. The highest BCUT2D eigenvalue weighted by Crippen LogP contribution is 2.18. The smallest absolute Gasteiger partial charge is 0.255 e. The molecular weight excluding hydrogens is 262 g/mol. The quantitative estimate of drug-likeness (QED) is 0.887. The predicted molar refractivity (Wildman–Crippen MR) is 87.9 cm³/mol. The predicted octanol–water partition coefficient (Wildman–Crippen LogP) is 2.72. The number of hydrogen-bond acceptors (Lipinski definition) is 3. The van der Waals surface area contributed by atoms with Gasteiger partial charge in [0.15, 0.2) is 0 Å². The normalized spacial score (nSPS) is 10.2. The number of carbonyl (C=O) groups excluding carboxylic acids is 1. The summed E-state index contributed by atoms with van der Waals surface area (Å²) in [4.78, 5) is 14.4. The first kappa shape index (κ1) is 15.1. The molecule has 2 rings (SSSR count). The lowest BCUT2D eigenvalue weighted by Gasteiger charge is -2.14. The van der Waals surface area contributed by atoms with Gasteiger partial charge >= 0.3 is 0 Å². The van der Waals surface area contributed by atoms with Crippen LogP contribution in [0.3, 0.4) is 0 Å². The van der Waals surface area contributed by atoms with Gasteiger partial charge in [-0.3, -0.25) is 4.79 Å². The van der Waals surface area contributed by atoms with Gasteiger partial charge in [-0.2, -0.15) is 0 Å². The number of rotatable bonds is 5. The van der Waals surface area contributed by atoms with Gasteiger partial charge in [-0.25, -0.2) is 0 Å². The number of carbonyl (C=O) groups is 1. The van der Waals surface area contributed by atoms with Crippen molar-refractivity contribution in [3.05, 3.63) is 59.7 Å². The molecule has 2 aromatic carbocycles. The first-order valence-corrected chi connectivity index (χ1v) is 6.93. The van der Waals surface area contributed by atoms with Crippen molar-refractivity contribution in [3.63, 3.8) is 0 Å². The van der Waals surface area contributed by atoms with Crippen LogP contribution in [0, 0.1) is 0 Å². The second-order valence-electron chi connectivity index (χ2n) is 5.09. The van der Waals surface area contributed by atoms with E-state index in [9.17, 15) is 4.79 Å². The number of nitrogens with one attached hydrogen (secondary N) is 2. The molecule has 21 heavy (non-hydrogen) atoms. The summed E-state index contributed by atoms with van der Waals surface area (Å²) in [6.45, 7) is 0.716. The molecule has 0 atom stereocenters. The molecule has 110 valence electrons. The van der Waals surface area contributed by atoms with E-state index in [1.165, 1.54) is 0 Å². The molecule has 0 saturated carbocycles. The number of amides is 1. The zero-order valence-corrected chi connectivity index (χ0v) is 12.7. The molecule has 4 heteroatoms. The third kappa shape index (κ3) is 3.83. The van der Waals surface area contributed by atoms with Crippen LogP contribution < -0.4 is 15.5 Å². The van der Waals surface area contributed by atoms with E-state index in [4.69, 9.17) is 0 Å². The zero-order valence-electron chi connectivity index (χ0n) is 12.7. The lowest BCUT2D eigenvalue weighted by Crippen LogP contribution is -2.16. The van der Waals surface area contributed by atoms with Crippen LogP contribution in [0.5, 0.6) is 0 Å². The van der Waals surface area contributed by atoms with E-state index >= 15 is 0 Å². The first-order chi connectivity index (χ1) is 10.1. The molecule has 0 aromatic heterocycles. The maximum atomic E-state index is 12.4. The van der Waals surface area contributed by atoms with Crippen molar-refractivity contribution in [2.75, 3.05) is 31.4 Å². The molecule has 0 fully saturated rings. The summed E-state index contributed by atoms with van der Waals surface area (Å²) in [5, 5.41) is 6.08. The molecule has 0 heterocycles. The van der Waals surface area contributed by atoms with Crippen molar-refractivity contribution in [2.24, 2.45) is 0 Å². The zero-order chi connectivity index (χ0) is 15.2. The van der Waals surface area contributed by atoms with E-state index in [-0.39, 0.29) is 5.91 Å². The fourth-order valence-corrected chi connectivity index (χ4v) is 2.11. The van der Waals surface area contributed by atoms with Crippen molar-refractivity contribution in [2.45, 2.75) is 6.54 Å². The summed E-state index contributed by atoms with van der Waals surface area (Å²) in [6, 6.07) is 15.4. The van der Waals surface area contributed by atoms with Crippen LogP contribution in [-0.4, -0.2) is 27.1 Å². The Labute approximate surface area is 125 Å². The largest absolute Gasteiger partial charge is 0.378 e. The second kappa shape index (κ2) is 6.90. The molecule has 0 aliphatic carbocycles. The molecule has 0 spiro atoms. The van der Waals surface area contributed by atoms with Crippen molar-refractivity contribution in [1.82, 2.24) is 5.32 Å². The van der Waals surface area contributed by atoms with Crippen molar-refractivity contribution in [1.29, 1.82) is 0 Å². The monoisotopic (exact) mass is 283 g/mol. The Bertz CT molecular complexity index is 623. The fourth-order valence-electron chi connectivity index (χ4n) is 2.11. The van der Waals surface area contributed by atoms with E-state index in [0.717, 1.165) is 16.9 Å². The van der Waals surface area contributed by atoms with Gasteiger partial charge in [0.2, 0.25) is 0 Å². The van der Waals surface area contributed by atoms with Crippen molar-refractivity contribution in [3.8, 4) is 0 Å². The van der Waals surface area contributed by atoms with Crippen LogP contribution in [0.4, 0.5) is 11.4 Å². The van der Waals surface area contributed by atoms with E-state index in [1.54, 1.807) is 0 Å². The third-order valence-corrected chi connectivity index (χ3v) is 3.26. The van der Waals surface area contributed by atoms with Crippen LogP contribution in [0.2, 0.25) is 0 Å². The van der Waals surface area contributed by atoms with Gasteiger partial charge in [0.1, 0.15) is 0 Å². The van der Waals surface area contributed by atoms with E-state index in [2.05, 4.69) is 10.6 Å². The Hall–Kier alpha value is -2.33. The Morgan fingerprint density at radius 2 is 1.86 bits per heavy atom. The lowest BCUT2D eigenvalue weighted by atomic mass is 10.1. The van der Waals surface area contributed by atoms with Crippen LogP contribution in [0.15, 0.2) is 48.5 Å². The Kier molecular flexibility index (Phi) is 4.95. The molecule has 0 unspecified atom stereocenters. The Balaban J connectivity index is 2.20.